The summed E-state index contributed by atoms with van der Waals surface area (Å²) in [6, 6.07) is -0.586. The lowest BCUT2D eigenvalue weighted by Gasteiger charge is -2.46. The molecule has 0 radical (unpaired) electrons. The molecule has 4 aliphatic heterocycles. The average Bonchev–Trinajstić information content (AvgIpc) is 3.41. The van der Waals surface area contributed by atoms with Crippen LogP contribution in [0.2, 0.25) is 0 Å². The molecule has 4 aliphatic rings. The lowest BCUT2D eigenvalue weighted by molar-refractivity contribution is -0.163. The Balaban J connectivity index is 1.42. The van der Waals surface area contributed by atoms with Crippen LogP contribution in [-0.2, 0) is 14.4 Å². The highest BCUT2D eigenvalue weighted by Gasteiger charge is 2.60. The fourth-order valence-corrected chi connectivity index (χ4v) is 6.72. The van der Waals surface area contributed by atoms with Gasteiger partial charge in [-0.2, -0.15) is 0 Å². The minimum atomic E-state index is -1.13. The Morgan fingerprint density at radius 3 is 2.81 bits per heavy atom. The molecule has 0 saturated carbocycles. The monoisotopic (exact) mass is 451 g/mol. The molecule has 3 saturated heterocycles. The summed E-state index contributed by atoms with van der Waals surface area (Å²) in [6.45, 7) is 5.28. The van der Waals surface area contributed by atoms with Crippen LogP contribution in [0.4, 0.5) is 0 Å². The Morgan fingerprint density at radius 1 is 1.42 bits per heavy atom. The van der Waals surface area contributed by atoms with Gasteiger partial charge in [0.15, 0.2) is 0 Å². The number of carbonyl (C=O) groups excluding carboxylic acids is 2. The lowest BCUT2D eigenvalue weighted by Crippen LogP contribution is -2.63. The minimum Gasteiger partial charge on any atom is -0.477 e. The van der Waals surface area contributed by atoms with Crippen molar-refractivity contribution in [1.29, 1.82) is 0 Å². The third kappa shape index (κ3) is 3.72. The molecule has 170 valence electrons. The highest BCUT2D eigenvalue weighted by atomic mass is 32.2. The number of fused-ring (bicyclic) bond motifs is 1. The standard InChI is InChI=1S/C20H29N5O5S/c1-9-15-14(10(2)26)19(28)25(15)16(20(29)30)17(9)31-12-5-13(22-6-12)18(27)24-4-3-11(7-24)23-8-21/h8-15,22,26H,3-7H2,1-2H3,(H2,21,23)(H,29,30)/t9-,10-,11+,12+,13+,14-,15-/m1/s1. The number of nitrogens with one attached hydrogen (secondary N) is 1. The molecule has 2 amide bonds. The number of thioether (sulfide) groups is 1. The first-order chi connectivity index (χ1) is 14.7. The molecule has 4 heterocycles. The van der Waals surface area contributed by atoms with Gasteiger partial charge in [-0.3, -0.25) is 14.6 Å². The maximum Gasteiger partial charge on any atom is 0.353 e. The molecule has 0 unspecified atom stereocenters. The summed E-state index contributed by atoms with van der Waals surface area (Å²) >= 11 is 1.45. The van der Waals surface area contributed by atoms with Gasteiger partial charge >= 0.3 is 5.97 Å². The predicted octanol–water partition coefficient (Wildman–Crippen LogP) is -0.808. The second-order valence-electron chi connectivity index (χ2n) is 8.73. The smallest absolute Gasteiger partial charge is 0.353 e. The van der Waals surface area contributed by atoms with Crippen LogP contribution in [0.3, 0.4) is 0 Å². The molecular formula is C20H29N5O5S. The van der Waals surface area contributed by atoms with Gasteiger partial charge in [0.2, 0.25) is 11.8 Å². The number of aliphatic imine (C=N–C) groups is 1. The number of carboxylic acid groups (broad SMARTS) is 1. The van der Waals surface area contributed by atoms with Crippen LogP contribution in [0, 0.1) is 11.8 Å². The fraction of sp³-hybridized carbons (Fsp3) is 0.700. The van der Waals surface area contributed by atoms with Gasteiger partial charge in [0, 0.05) is 35.7 Å². The Bertz CT molecular complexity index is 846. The van der Waals surface area contributed by atoms with Crippen LogP contribution in [0.25, 0.3) is 0 Å². The van der Waals surface area contributed by atoms with Crippen molar-refractivity contribution in [2.75, 3.05) is 19.6 Å². The van der Waals surface area contributed by atoms with Gasteiger partial charge in [0.1, 0.15) is 5.70 Å². The third-order valence-electron chi connectivity index (χ3n) is 6.77. The van der Waals surface area contributed by atoms with Gasteiger partial charge in [-0.05, 0) is 19.8 Å². The maximum absolute atomic E-state index is 12.9. The first-order valence-electron chi connectivity index (χ1n) is 10.6. The van der Waals surface area contributed by atoms with E-state index < -0.39 is 18.0 Å². The molecule has 11 heteroatoms. The van der Waals surface area contributed by atoms with Crippen molar-refractivity contribution in [2.45, 2.75) is 56.2 Å². The zero-order chi connectivity index (χ0) is 22.4. The van der Waals surface area contributed by atoms with Crippen molar-refractivity contribution in [1.82, 2.24) is 15.1 Å². The van der Waals surface area contributed by atoms with Crippen LogP contribution in [0.15, 0.2) is 15.6 Å². The van der Waals surface area contributed by atoms with E-state index in [9.17, 15) is 24.6 Å². The number of likely N-dealkylation sites (tertiary alicyclic amines) is 1. The molecule has 3 fully saturated rings. The first-order valence-corrected chi connectivity index (χ1v) is 11.5. The molecule has 10 nitrogen and oxygen atoms in total. The Hall–Kier alpha value is -2.11. The zero-order valence-electron chi connectivity index (χ0n) is 17.6. The number of carboxylic acids is 1. The Kier molecular flexibility index (Phi) is 6.01. The van der Waals surface area contributed by atoms with Crippen molar-refractivity contribution < 1.29 is 24.6 Å². The maximum atomic E-state index is 12.9. The van der Waals surface area contributed by atoms with Gasteiger partial charge in [-0.25, -0.2) is 4.79 Å². The van der Waals surface area contributed by atoms with E-state index in [1.807, 2.05) is 6.92 Å². The quantitative estimate of drug-likeness (QED) is 0.233. The van der Waals surface area contributed by atoms with E-state index in [0.29, 0.717) is 31.0 Å². The molecular weight excluding hydrogens is 422 g/mol. The Labute approximate surface area is 184 Å². The zero-order valence-corrected chi connectivity index (χ0v) is 18.4. The van der Waals surface area contributed by atoms with Crippen molar-refractivity contribution in [3.63, 3.8) is 0 Å². The number of aliphatic hydroxyl groups is 1. The van der Waals surface area contributed by atoms with Gasteiger partial charge < -0.3 is 31.1 Å². The second kappa shape index (κ2) is 8.44. The van der Waals surface area contributed by atoms with Crippen molar-refractivity contribution in [2.24, 2.45) is 22.6 Å². The lowest BCUT2D eigenvalue weighted by atomic mass is 9.79. The van der Waals surface area contributed by atoms with Crippen molar-refractivity contribution >= 4 is 35.9 Å². The SMILES string of the molecule is C[C@@H](O)[C@H]1C(=O)N2C(C(=O)O)=C(S[C@@H]3CN[C@H](C(=O)N4CC[C@H](N=CN)C4)C3)[C@H](C)[C@H]12. The van der Waals surface area contributed by atoms with Gasteiger partial charge in [-0.1, -0.05) is 6.92 Å². The summed E-state index contributed by atoms with van der Waals surface area (Å²) < 4.78 is 0. The number of β-lactam (4-membered cyclic amide) rings is 1. The van der Waals surface area contributed by atoms with E-state index in [-0.39, 0.29) is 46.8 Å². The van der Waals surface area contributed by atoms with Crippen LogP contribution in [-0.4, -0.2) is 93.2 Å². The molecule has 0 aromatic carbocycles. The van der Waals surface area contributed by atoms with Crippen molar-refractivity contribution in [3.8, 4) is 0 Å². The number of hydrogen-bond acceptors (Lipinski definition) is 7. The average molecular weight is 452 g/mol. The summed E-state index contributed by atoms with van der Waals surface area (Å²) in [5.41, 5.74) is 5.38. The number of aliphatic hydroxyl groups excluding tert-OH is 1. The molecule has 4 rings (SSSR count). The topological polar surface area (TPSA) is 149 Å². The van der Waals surface area contributed by atoms with Crippen LogP contribution >= 0.6 is 11.8 Å². The van der Waals surface area contributed by atoms with Crippen LogP contribution < -0.4 is 11.1 Å². The molecule has 0 aliphatic carbocycles. The molecule has 0 bridgehead atoms. The molecule has 0 spiro atoms. The van der Waals surface area contributed by atoms with Crippen molar-refractivity contribution in [3.05, 3.63) is 10.6 Å². The molecule has 5 N–H and O–H groups in total. The normalized spacial score (nSPS) is 36.3. The van der Waals surface area contributed by atoms with Gasteiger partial charge in [0.25, 0.3) is 0 Å². The summed E-state index contributed by atoms with van der Waals surface area (Å²) in [5.74, 6) is -2.16. The number of aliphatic carboxylic acids is 1. The van der Waals surface area contributed by atoms with Gasteiger partial charge in [0.05, 0.1) is 36.5 Å². The number of nitrogens with two attached hydrogens (primary N) is 1. The fourth-order valence-electron chi connectivity index (χ4n) is 5.25. The Morgan fingerprint density at radius 2 is 2.16 bits per heavy atom. The number of carbonyl (C=O) groups is 3. The van der Waals surface area contributed by atoms with Gasteiger partial charge in [-0.15, -0.1) is 11.8 Å². The molecule has 31 heavy (non-hydrogen) atoms. The molecule has 7 atom stereocenters. The van der Waals surface area contributed by atoms with E-state index in [1.54, 1.807) is 11.8 Å². The molecule has 0 aromatic rings. The van der Waals surface area contributed by atoms with Crippen LogP contribution in [0.5, 0.6) is 0 Å². The van der Waals surface area contributed by atoms with E-state index in [2.05, 4.69) is 10.3 Å². The third-order valence-corrected chi connectivity index (χ3v) is 8.28. The predicted molar refractivity (Wildman–Crippen MR) is 115 cm³/mol. The summed E-state index contributed by atoms with van der Waals surface area (Å²) in [6.07, 6.45) is 1.85. The van der Waals surface area contributed by atoms with E-state index in [0.717, 1.165) is 6.42 Å². The largest absolute Gasteiger partial charge is 0.477 e. The second-order valence-corrected chi connectivity index (χ2v) is 10.1. The number of amides is 2. The summed E-state index contributed by atoms with van der Waals surface area (Å²) in [5, 5.41) is 23.0. The summed E-state index contributed by atoms with van der Waals surface area (Å²) in [4.78, 5) is 45.3. The number of hydrogen-bond donors (Lipinski definition) is 4. The van der Waals surface area contributed by atoms with E-state index >= 15 is 0 Å². The first kappa shape index (κ1) is 22.1. The highest BCUT2D eigenvalue weighted by molar-refractivity contribution is 8.03. The summed E-state index contributed by atoms with van der Waals surface area (Å²) in [7, 11) is 0. The van der Waals surface area contributed by atoms with E-state index in [4.69, 9.17) is 5.73 Å². The number of rotatable bonds is 6. The number of nitrogens with zero attached hydrogens (tertiary/aromatic N) is 3. The highest BCUT2D eigenvalue weighted by Crippen LogP contribution is 2.51. The minimum absolute atomic E-state index is 0.0278. The molecule has 0 aromatic heterocycles. The van der Waals surface area contributed by atoms with Crippen LogP contribution in [0.1, 0.15) is 26.7 Å². The van der Waals surface area contributed by atoms with E-state index in [1.165, 1.54) is 23.0 Å².